The Morgan fingerprint density at radius 3 is 1.34 bits per heavy atom. The van der Waals surface area contributed by atoms with Crippen LogP contribution in [0.4, 0.5) is 17.1 Å². The Labute approximate surface area is 430 Å². The maximum absolute atomic E-state index is 5.10. The molecule has 0 amide bonds. The minimum absolute atomic E-state index is 0.109. The molecule has 74 heavy (non-hydrogen) atoms. The van der Waals surface area contributed by atoms with E-state index in [1.54, 1.807) is 0 Å². The molecule has 2 atom stereocenters. The molecule has 1 aliphatic carbocycles. The predicted octanol–water partition coefficient (Wildman–Crippen LogP) is 17.7. The Balaban J connectivity index is 1.02. The Morgan fingerprint density at radius 1 is 0.311 bits per heavy atom. The van der Waals surface area contributed by atoms with Gasteiger partial charge in [0.2, 0.25) is 0 Å². The summed E-state index contributed by atoms with van der Waals surface area (Å²) in [4.78, 5) is 17.7. The number of nitrogens with zero attached hydrogens (tertiary/aromatic N) is 5. The van der Waals surface area contributed by atoms with Crippen molar-refractivity contribution in [3.8, 4) is 73.2 Å². The molecule has 0 saturated carbocycles. The molecule has 12 aromatic rings. The molecule has 0 fully saturated rings. The Bertz CT molecular complexity index is 3990. The van der Waals surface area contributed by atoms with Crippen LogP contribution in [0.25, 0.3) is 95.0 Å². The van der Waals surface area contributed by atoms with E-state index in [4.69, 9.17) is 15.0 Å². The van der Waals surface area contributed by atoms with E-state index in [9.17, 15) is 0 Å². The highest BCUT2D eigenvalue weighted by Crippen LogP contribution is 2.55. The molecule has 0 bridgehead atoms. The van der Waals surface area contributed by atoms with Crippen LogP contribution in [0.2, 0.25) is 0 Å². The van der Waals surface area contributed by atoms with E-state index in [1.165, 1.54) is 55.5 Å². The highest BCUT2D eigenvalue weighted by molar-refractivity contribution is 6.16. The molecule has 2 unspecified atom stereocenters. The molecule has 0 N–H and O–H groups in total. The maximum atomic E-state index is 5.10. The first-order chi connectivity index (χ1) is 36.7. The van der Waals surface area contributed by atoms with E-state index in [1.807, 2.05) is 36.4 Å². The second kappa shape index (κ2) is 18.2. The molecule has 2 aliphatic rings. The summed E-state index contributed by atoms with van der Waals surface area (Å²) in [5, 5.41) is 2.35. The zero-order valence-corrected chi connectivity index (χ0v) is 40.4. The summed E-state index contributed by atoms with van der Waals surface area (Å²) in [5.41, 5.74) is 19.2. The number of hydrogen-bond donors (Lipinski definition) is 0. The van der Waals surface area contributed by atoms with Gasteiger partial charge in [-0.2, -0.15) is 0 Å². The largest absolute Gasteiger partial charge is 0.308 e. The number of anilines is 3. The smallest absolute Gasteiger partial charge is 0.164 e. The standard InChI is InChI=1S/C69H47N5/c1-6-20-46(21-7-1)52-42-53(47-22-8-2-9-23-47)44-54(43-52)51-36-41-64-62(45-51)61-40-39-60-58-31-17-16-30-57(58)59-32-18-19-33-63(59)73(55-28-14-5-15-29-55)65(60)66(61)74(64)56-37-34-50(35-38-56)69-71-67(48-24-10-3-11-25-48)70-68(72-69)49-26-12-4-13-27-49/h1-45,57-58H. The van der Waals surface area contributed by atoms with Crippen molar-refractivity contribution in [2.75, 3.05) is 4.90 Å². The number of hydrogen-bond acceptors (Lipinski definition) is 4. The fourth-order valence-corrected chi connectivity index (χ4v) is 11.3. The van der Waals surface area contributed by atoms with E-state index in [2.05, 4.69) is 246 Å². The molecular formula is C69H47N5. The highest BCUT2D eigenvalue weighted by atomic mass is 15.2. The van der Waals surface area contributed by atoms with Gasteiger partial charge in [0.05, 0.1) is 22.4 Å². The summed E-state index contributed by atoms with van der Waals surface area (Å²) < 4.78 is 2.49. The Hall–Kier alpha value is -9.71. The van der Waals surface area contributed by atoms with Crippen molar-refractivity contribution in [1.29, 1.82) is 0 Å². The topological polar surface area (TPSA) is 46.8 Å². The highest BCUT2D eigenvalue weighted by Gasteiger charge is 2.36. The van der Waals surface area contributed by atoms with Gasteiger partial charge >= 0.3 is 0 Å². The van der Waals surface area contributed by atoms with Crippen molar-refractivity contribution in [2.45, 2.75) is 11.8 Å². The lowest BCUT2D eigenvalue weighted by molar-refractivity contribution is 0.740. The fraction of sp³-hybridized carbons (Fsp3) is 0.0290. The van der Waals surface area contributed by atoms with Crippen molar-refractivity contribution in [1.82, 2.24) is 19.5 Å². The molecule has 0 spiro atoms. The number of aromatic nitrogens is 4. The van der Waals surface area contributed by atoms with Crippen LogP contribution < -0.4 is 4.90 Å². The molecule has 0 radical (unpaired) electrons. The van der Waals surface area contributed by atoms with Crippen molar-refractivity contribution in [2.24, 2.45) is 0 Å². The van der Waals surface area contributed by atoms with Crippen LogP contribution in [-0.4, -0.2) is 19.5 Å². The van der Waals surface area contributed by atoms with Crippen molar-refractivity contribution in [3.63, 3.8) is 0 Å². The average molecular weight is 946 g/mol. The van der Waals surface area contributed by atoms with Gasteiger partial charge in [-0.25, -0.2) is 15.0 Å². The summed E-state index contributed by atoms with van der Waals surface area (Å²) in [6, 6.07) is 89.2. The fourth-order valence-electron chi connectivity index (χ4n) is 11.3. The van der Waals surface area contributed by atoms with Crippen LogP contribution in [0.15, 0.2) is 273 Å². The maximum Gasteiger partial charge on any atom is 0.164 e. The summed E-state index contributed by atoms with van der Waals surface area (Å²) in [7, 11) is 0. The molecule has 5 nitrogen and oxygen atoms in total. The third-order valence-corrected chi connectivity index (χ3v) is 14.8. The third kappa shape index (κ3) is 7.53. The van der Waals surface area contributed by atoms with Gasteiger partial charge < -0.3 is 9.47 Å². The van der Waals surface area contributed by atoms with Crippen LogP contribution in [0, 0.1) is 0 Å². The van der Waals surface area contributed by atoms with E-state index in [-0.39, 0.29) is 11.8 Å². The zero-order valence-electron chi connectivity index (χ0n) is 40.4. The van der Waals surface area contributed by atoms with Gasteiger partial charge in [-0.3, -0.25) is 0 Å². The van der Waals surface area contributed by atoms with Crippen LogP contribution in [-0.2, 0) is 0 Å². The second-order valence-corrected chi connectivity index (χ2v) is 19.1. The summed E-state index contributed by atoms with van der Waals surface area (Å²) in [5.74, 6) is 2.15. The normalized spacial score (nSPS) is 14.6. The van der Waals surface area contributed by atoms with E-state index < -0.39 is 0 Å². The average Bonchev–Trinajstić information content (AvgIpc) is 3.76. The molecular weight excluding hydrogens is 899 g/mol. The SMILES string of the molecule is C1=CC2c3ccccc3N(c3ccccc3)c3c(ccc4c5cc(-c6cc(-c7ccccc7)cc(-c7ccccc7)c6)ccc5n(-c5ccc(-c6nc(-c7ccccc7)nc(-c7ccccc7)n6)cc5)c34)C2C=C1. The van der Waals surface area contributed by atoms with Gasteiger partial charge in [-0.05, 0) is 117 Å². The Kier molecular flexibility index (Phi) is 10.6. The van der Waals surface area contributed by atoms with Gasteiger partial charge in [0, 0.05) is 50.7 Å². The lowest BCUT2D eigenvalue weighted by atomic mass is 9.79. The summed E-state index contributed by atoms with van der Waals surface area (Å²) in [6.45, 7) is 0. The summed E-state index contributed by atoms with van der Waals surface area (Å²) in [6.07, 6.45) is 9.21. The molecule has 5 heteroatoms. The number of allylic oxidation sites excluding steroid dienone is 4. The van der Waals surface area contributed by atoms with E-state index >= 15 is 0 Å². The lowest BCUT2D eigenvalue weighted by Crippen LogP contribution is -2.13. The monoisotopic (exact) mass is 945 g/mol. The number of para-hydroxylation sites is 2. The molecule has 1 aliphatic heterocycles. The second-order valence-electron chi connectivity index (χ2n) is 19.1. The molecule has 2 aromatic heterocycles. The minimum atomic E-state index is 0.109. The number of rotatable bonds is 8. The predicted molar refractivity (Wildman–Crippen MR) is 305 cm³/mol. The van der Waals surface area contributed by atoms with Crippen LogP contribution >= 0.6 is 0 Å². The van der Waals surface area contributed by atoms with Crippen molar-refractivity contribution in [3.05, 3.63) is 284 Å². The minimum Gasteiger partial charge on any atom is -0.308 e. The first kappa shape index (κ1) is 43.1. The van der Waals surface area contributed by atoms with Gasteiger partial charge in [0.15, 0.2) is 17.5 Å². The van der Waals surface area contributed by atoms with Gasteiger partial charge in [0.1, 0.15) is 0 Å². The summed E-state index contributed by atoms with van der Waals surface area (Å²) >= 11 is 0. The van der Waals surface area contributed by atoms with Gasteiger partial charge in [-0.1, -0.05) is 200 Å². The molecule has 348 valence electrons. The first-order valence-corrected chi connectivity index (χ1v) is 25.3. The van der Waals surface area contributed by atoms with Crippen LogP contribution in [0.1, 0.15) is 23.0 Å². The Morgan fingerprint density at radius 2 is 0.770 bits per heavy atom. The third-order valence-electron chi connectivity index (χ3n) is 14.8. The number of benzene rings is 10. The van der Waals surface area contributed by atoms with E-state index in [0.717, 1.165) is 50.2 Å². The zero-order chi connectivity index (χ0) is 49.0. The van der Waals surface area contributed by atoms with Crippen molar-refractivity contribution >= 4 is 38.9 Å². The molecule has 3 heterocycles. The van der Waals surface area contributed by atoms with Gasteiger partial charge in [0.25, 0.3) is 0 Å². The molecule has 10 aromatic carbocycles. The first-order valence-electron chi connectivity index (χ1n) is 25.3. The van der Waals surface area contributed by atoms with E-state index in [0.29, 0.717) is 17.5 Å². The van der Waals surface area contributed by atoms with Crippen molar-refractivity contribution < 1.29 is 0 Å². The number of fused-ring (bicyclic) bond motifs is 9. The lowest BCUT2D eigenvalue weighted by Gasteiger charge is -2.29. The molecule has 0 saturated heterocycles. The quantitative estimate of drug-likeness (QED) is 0.152. The molecule has 14 rings (SSSR count). The van der Waals surface area contributed by atoms with Gasteiger partial charge in [-0.15, -0.1) is 0 Å². The van der Waals surface area contributed by atoms with Crippen LogP contribution in [0.5, 0.6) is 0 Å². The van der Waals surface area contributed by atoms with Crippen LogP contribution in [0.3, 0.4) is 0 Å².